The largest absolute Gasteiger partial charge is 0.286 e. The first-order chi connectivity index (χ1) is 14.3. The number of hydrogen-bond acceptors (Lipinski definition) is 6. The van der Waals surface area contributed by atoms with E-state index in [1.54, 1.807) is 30.3 Å². The summed E-state index contributed by atoms with van der Waals surface area (Å²) >= 11 is 0. The zero-order valence-electron chi connectivity index (χ0n) is 15.3. The molecule has 1 aliphatic heterocycles. The quantitative estimate of drug-likeness (QED) is 0.624. The number of benzene rings is 3. The van der Waals surface area contributed by atoms with Crippen molar-refractivity contribution in [3.8, 4) is 0 Å². The van der Waals surface area contributed by atoms with Gasteiger partial charge < -0.3 is 0 Å². The lowest BCUT2D eigenvalue weighted by Gasteiger charge is -2.23. The Labute approximate surface area is 173 Å². The van der Waals surface area contributed by atoms with Crippen LogP contribution < -0.4 is 5.43 Å². The minimum atomic E-state index is -4.38. The van der Waals surface area contributed by atoms with E-state index in [2.05, 4.69) is 9.82 Å². The Bertz CT molecular complexity index is 1350. The first-order valence-electron chi connectivity index (χ1n) is 8.71. The number of nitrogens with one attached hydrogen (secondary N) is 1. The van der Waals surface area contributed by atoms with Gasteiger partial charge in [0.15, 0.2) is 5.84 Å². The molecule has 0 aromatic heterocycles. The molecule has 0 radical (unpaired) electrons. The van der Waals surface area contributed by atoms with E-state index in [-0.39, 0.29) is 26.8 Å². The highest BCUT2D eigenvalue weighted by Gasteiger charge is 2.35. The van der Waals surface area contributed by atoms with E-state index in [9.17, 15) is 21.6 Å². The van der Waals surface area contributed by atoms with Gasteiger partial charge in [0.1, 0.15) is 4.90 Å². The summed E-state index contributed by atoms with van der Waals surface area (Å²) in [7, 11) is -8.39. The predicted molar refractivity (Wildman–Crippen MR) is 110 cm³/mol. The highest BCUT2D eigenvalue weighted by atomic mass is 32.2. The van der Waals surface area contributed by atoms with Gasteiger partial charge in [0, 0.05) is 11.1 Å². The second-order valence-corrected chi connectivity index (χ2v) is 9.64. The number of nitrogens with zero attached hydrogens (tertiary/aromatic N) is 2. The van der Waals surface area contributed by atoms with Crippen LogP contribution >= 0.6 is 0 Å². The fourth-order valence-corrected chi connectivity index (χ4v) is 5.31. The number of amidine groups is 1. The molecule has 1 heterocycles. The molecular weight excluding hydrogens is 426 g/mol. The fourth-order valence-electron chi connectivity index (χ4n) is 2.90. The highest BCUT2D eigenvalue weighted by Crippen LogP contribution is 2.26. The number of carbonyl (C=O) groups is 1. The van der Waals surface area contributed by atoms with Gasteiger partial charge in [0.2, 0.25) is 0 Å². The predicted octanol–water partition coefficient (Wildman–Crippen LogP) is 2.17. The van der Waals surface area contributed by atoms with Gasteiger partial charge in [-0.25, -0.2) is 0 Å². The van der Waals surface area contributed by atoms with E-state index in [1.807, 2.05) is 0 Å². The minimum Gasteiger partial charge on any atom is -0.266 e. The lowest BCUT2D eigenvalue weighted by Crippen LogP contribution is -2.49. The van der Waals surface area contributed by atoms with Gasteiger partial charge in [-0.3, -0.25) is 10.2 Å². The monoisotopic (exact) mass is 441 g/mol. The second-order valence-electron chi connectivity index (χ2n) is 6.28. The van der Waals surface area contributed by atoms with Crippen LogP contribution in [-0.4, -0.2) is 33.0 Å². The van der Waals surface area contributed by atoms with Crippen molar-refractivity contribution in [2.75, 3.05) is 0 Å². The van der Waals surface area contributed by atoms with Crippen LogP contribution in [0.5, 0.6) is 0 Å². The molecular formula is C20H15N3O5S2. The summed E-state index contributed by atoms with van der Waals surface area (Å²) in [5.74, 6) is -1.14. The maximum absolute atomic E-state index is 13.2. The summed E-state index contributed by atoms with van der Waals surface area (Å²) in [5.41, 5.74) is 2.70. The molecule has 0 saturated heterocycles. The van der Waals surface area contributed by atoms with Crippen LogP contribution in [0.3, 0.4) is 0 Å². The number of fused-ring (bicyclic) bond motifs is 1. The molecule has 4 rings (SSSR count). The van der Waals surface area contributed by atoms with Crippen LogP contribution in [0.25, 0.3) is 0 Å². The standard InChI is InChI=1S/C20H15N3O5S2/c24-20(15-9-3-1-4-10-15)23(30(27,28)16-11-5-2-6-12-16)21-19-17-13-7-8-14-18(17)29(25,26)22-19/h1-14H,(H,21,22). The normalized spacial score (nSPS) is 14.5. The Hall–Kier alpha value is -3.50. The molecule has 0 spiro atoms. The number of amides is 1. The summed E-state index contributed by atoms with van der Waals surface area (Å²) in [6.07, 6.45) is 0. The summed E-state index contributed by atoms with van der Waals surface area (Å²) in [4.78, 5) is 12.9. The van der Waals surface area contributed by atoms with Gasteiger partial charge in [0.25, 0.3) is 26.0 Å². The van der Waals surface area contributed by atoms with Crippen LogP contribution in [0.4, 0.5) is 0 Å². The van der Waals surface area contributed by atoms with E-state index in [1.165, 1.54) is 54.6 Å². The molecule has 0 unspecified atom stereocenters. The molecule has 8 nitrogen and oxygen atoms in total. The molecule has 0 atom stereocenters. The third-order valence-corrected chi connectivity index (χ3v) is 7.27. The minimum absolute atomic E-state index is 0.0725. The van der Waals surface area contributed by atoms with Crippen LogP contribution in [0, 0.1) is 0 Å². The molecule has 3 aromatic rings. The maximum atomic E-state index is 13.2. The number of hydrazine groups is 1. The van der Waals surface area contributed by atoms with Crippen molar-refractivity contribution in [2.24, 2.45) is 4.40 Å². The van der Waals surface area contributed by atoms with Crippen molar-refractivity contribution in [3.05, 3.63) is 96.1 Å². The van der Waals surface area contributed by atoms with Crippen LogP contribution in [0.1, 0.15) is 15.9 Å². The van der Waals surface area contributed by atoms with Gasteiger partial charge >= 0.3 is 0 Å². The molecule has 30 heavy (non-hydrogen) atoms. The summed E-state index contributed by atoms with van der Waals surface area (Å²) in [5, 5.41) is 0. The number of rotatable bonds is 3. The Kier molecular flexibility index (Phi) is 4.88. The zero-order valence-corrected chi connectivity index (χ0v) is 17.0. The highest BCUT2D eigenvalue weighted by molar-refractivity contribution is 7.91. The van der Waals surface area contributed by atoms with Gasteiger partial charge in [-0.2, -0.15) is 16.8 Å². The van der Waals surface area contributed by atoms with Crippen LogP contribution in [0.2, 0.25) is 0 Å². The van der Waals surface area contributed by atoms with Gasteiger partial charge in [-0.05, 0) is 36.4 Å². The second kappa shape index (κ2) is 7.39. The summed E-state index contributed by atoms with van der Waals surface area (Å²) in [6, 6.07) is 21.1. The van der Waals surface area contributed by atoms with Crippen molar-refractivity contribution in [1.82, 2.24) is 9.84 Å². The van der Waals surface area contributed by atoms with E-state index < -0.39 is 26.0 Å². The van der Waals surface area contributed by atoms with Crippen molar-refractivity contribution >= 4 is 31.8 Å². The van der Waals surface area contributed by atoms with Crippen molar-refractivity contribution in [2.45, 2.75) is 9.79 Å². The Morgan fingerprint density at radius 3 is 2.07 bits per heavy atom. The van der Waals surface area contributed by atoms with Crippen LogP contribution in [0.15, 0.2) is 99.1 Å². The average molecular weight is 441 g/mol. The summed E-state index contributed by atoms with van der Waals surface area (Å²) < 4.78 is 55.2. The Morgan fingerprint density at radius 2 is 1.40 bits per heavy atom. The summed E-state index contributed by atoms with van der Waals surface area (Å²) in [6.45, 7) is 0. The molecule has 1 N–H and O–H groups in total. The Balaban J connectivity index is 1.83. The first kappa shape index (κ1) is 19.8. The first-order valence-corrected chi connectivity index (χ1v) is 11.6. The maximum Gasteiger partial charge on any atom is 0.286 e. The van der Waals surface area contributed by atoms with E-state index in [4.69, 9.17) is 0 Å². The Morgan fingerprint density at radius 1 is 0.833 bits per heavy atom. The fraction of sp³-hybridized carbons (Fsp3) is 0. The van der Waals surface area contributed by atoms with Crippen molar-refractivity contribution in [3.63, 3.8) is 0 Å². The SMILES string of the molecule is O=C(c1ccccc1)N(NC1=NS(=O)(=O)c2ccccc21)S(=O)(=O)c1ccccc1. The molecule has 0 fully saturated rings. The third kappa shape index (κ3) is 3.46. The smallest absolute Gasteiger partial charge is 0.266 e. The average Bonchev–Trinajstić information content (AvgIpc) is 3.03. The van der Waals surface area contributed by atoms with Crippen molar-refractivity contribution < 1.29 is 21.6 Å². The molecule has 0 saturated carbocycles. The van der Waals surface area contributed by atoms with Gasteiger partial charge in [-0.1, -0.05) is 48.5 Å². The molecule has 1 aliphatic rings. The van der Waals surface area contributed by atoms with Crippen molar-refractivity contribution in [1.29, 1.82) is 0 Å². The molecule has 10 heteroatoms. The zero-order chi connectivity index (χ0) is 21.4. The lowest BCUT2D eigenvalue weighted by molar-refractivity contribution is 0.0838. The van der Waals surface area contributed by atoms with Gasteiger partial charge in [0.05, 0.1) is 4.90 Å². The molecule has 152 valence electrons. The van der Waals surface area contributed by atoms with E-state index in [0.29, 0.717) is 4.41 Å². The lowest BCUT2D eigenvalue weighted by atomic mass is 10.2. The topological polar surface area (TPSA) is 113 Å². The number of carbonyl (C=O) groups excluding carboxylic acids is 1. The number of hydrogen-bond donors (Lipinski definition) is 1. The van der Waals surface area contributed by atoms with Gasteiger partial charge in [-0.15, -0.1) is 8.81 Å². The van der Waals surface area contributed by atoms with Crippen LogP contribution in [-0.2, 0) is 20.0 Å². The van der Waals surface area contributed by atoms with E-state index in [0.717, 1.165) is 0 Å². The number of sulfonamides is 2. The molecule has 1 amide bonds. The molecule has 0 aliphatic carbocycles. The molecule has 3 aromatic carbocycles. The van der Waals surface area contributed by atoms with E-state index >= 15 is 0 Å². The molecule has 0 bridgehead atoms. The third-order valence-electron chi connectivity index (χ3n) is 4.33.